The third-order valence-electron chi connectivity index (χ3n) is 5.68. The molecule has 3 nitrogen and oxygen atoms in total. The largest absolute Gasteiger partial charge is 0.507 e. The molecule has 0 radical (unpaired) electrons. The molecule has 160 valence electrons. The Morgan fingerprint density at radius 2 is 1.50 bits per heavy atom. The molecule has 0 bridgehead atoms. The van der Waals surface area contributed by atoms with E-state index < -0.39 is 5.97 Å². The maximum Gasteiger partial charge on any atom is 0.303 e. The molecule has 0 spiro atoms. The van der Waals surface area contributed by atoms with E-state index in [1.54, 1.807) is 0 Å². The van der Waals surface area contributed by atoms with Crippen LogP contribution in [-0.2, 0) is 10.2 Å². The summed E-state index contributed by atoms with van der Waals surface area (Å²) in [5, 5.41) is 19.8. The van der Waals surface area contributed by atoms with Gasteiger partial charge in [-0.25, -0.2) is 0 Å². The first kappa shape index (κ1) is 24.5. The van der Waals surface area contributed by atoms with Gasteiger partial charge in [-0.05, 0) is 41.4 Å². The summed E-state index contributed by atoms with van der Waals surface area (Å²) in [4.78, 5) is 11.4. The zero-order chi connectivity index (χ0) is 21.2. The number of carboxylic acids is 1. The van der Waals surface area contributed by atoms with Crippen LogP contribution in [0.1, 0.15) is 121 Å². The molecule has 1 aromatic rings. The monoisotopic (exact) mass is 390 g/mol. The number of unbranched alkanes of at least 4 members (excludes halogenated alkanes) is 8. The van der Waals surface area contributed by atoms with Crippen LogP contribution >= 0.6 is 0 Å². The molecule has 2 N–H and O–H groups in total. The van der Waals surface area contributed by atoms with Crippen molar-refractivity contribution in [3.05, 3.63) is 28.8 Å². The average Bonchev–Trinajstić information content (AvgIpc) is 2.60. The van der Waals surface area contributed by atoms with Gasteiger partial charge in [0.05, 0.1) is 6.42 Å². The van der Waals surface area contributed by atoms with Gasteiger partial charge in [0.1, 0.15) is 5.75 Å². The molecular weight excluding hydrogens is 348 g/mol. The molecule has 1 rings (SSSR count). The summed E-state index contributed by atoms with van der Waals surface area (Å²) in [5.41, 5.74) is 2.63. The Kier molecular flexibility index (Phi) is 10.6. The lowest BCUT2D eigenvalue weighted by molar-refractivity contribution is -0.137. The van der Waals surface area contributed by atoms with Gasteiger partial charge in [0.15, 0.2) is 0 Å². The molecule has 0 saturated carbocycles. The molecular formula is C25H42O3. The van der Waals surface area contributed by atoms with Crippen molar-refractivity contribution in [2.24, 2.45) is 0 Å². The number of aliphatic carboxylic acids is 1. The molecule has 0 aliphatic heterocycles. The number of hydrogen-bond donors (Lipinski definition) is 2. The lowest BCUT2D eigenvalue weighted by Gasteiger charge is -2.25. The minimum absolute atomic E-state index is 0.0162. The van der Waals surface area contributed by atoms with Crippen molar-refractivity contribution in [2.75, 3.05) is 0 Å². The number of benzene rings is 1. The number of carbonyl (C=O) groups is 1. The first-order valence-electron chi connectivity index (χ1n) is 11.2. The van der Waals surface area contributed by atoms with Crippen molar-refractivity contribution in [3.8, 4) is 5.75 Å². The van der Waals surface area contributed by atoms with Crippen LogP contribution in [0.15, 0.2) is 12.1 Å². The fourth-order valence-electron chi connectivity index (χ4n) is 3.91. The van der Waals surface area contributed by atoms with E-state index in [1.807, 2.05) is 19.1 Å². The van der Waals surface area contributed by atoms with Gasteiger partial charge in [-0.1, -0.05) is 97.6 Å². The number of rotatable bonds is 13. The zero-order valence-corrected chi connectivity index (χ0v) is 18.8. The van der Waals surface area contributed by atoms with Crippen LogP contribution < -0.4 is 0 Å². The highest BCUT2D eigenvalue weighted by atomic mass is 16.4. The number of hydrogen-bond acceptors (Lipinski definition) is 2. The molecule has 0 aromatic heterocycles. The SMILES string of the molecule is CCCCCCCCCCCC(CC(=O)O)c1cc(C)c(O)c(C(C)(C)C)c1. The Hall–Kier alpha value is -1.51. The predicted molar refractivity (Wildman–Crippen MR) is 118 cm³/mol. The standard InChI is InChI=1S/C25H42O3/c1-6-7-8-9-10-11-12-13-14-15-20(18-23(26)27)21-16-19(2)24(28)22(17-21)25(3,4)5/h16-17,20,28H,6-15,18H2,1-5H3,(H,26,27). The van der Waals surface area contributed by atoms with Crippen LogP contribution in [0.2, 0.25) is 0 Å². The summed E-state index contributed by atoms with van der Waals surface area (Å²) in [6.07, 6.45) is 12.5. The van der Waals surface area contributed by atoms with Gasteiger partial charge >= 0.3 is 5.97 Å². The fourth-order valence-corrected chi connectivity index (χ4v) is 3.91. The molecule has 0 fully saturated rings. The van der Waals surface area contributed by atoms with E-state index in [4.69, 9.17) is 0 Å². The highest BCUT2D eigenvalue weighted by Crippen LogP contribution is 2.37. The van der Waals surface area contributed by atoms with Crippen LogP contribution in [0.4, 0.5) is 0 Å². The molecule has 0 aliphatic carbocycles. The van der Waals surface area contributed by atoms with Crippen molar-refractivity contribution in [3.63, 3.8) is 0 Å². The summed E-state index contributed by atoms with van der Waals surface area (Å²) in [5.74, 6) is -0.389. The summed E-state index contributed by atoms with van der Waals surface area (Å²) < 4.78 is 0. The number of phenolic OH excluding ortho intramolecular Hbond substituents is 1. The highest BCUT2D eigenvalue weighted by molar-refractivity contribution is 5.68. The van der Waals surface area contributed by atoms with Crippen LogP contribution in [0, 0.1) is 6.92 Å². The van der Waals surface area contributed by atoms with E-state index in [1.165, 1.54) is 51.4 Å². The molecule has 0 saturated heterocycles. The lowest BCUT2D eigenvalue weighted by atomic mass is 9.81. The first-order valence-corrected chi connectivity index (χ1v) is 11.2. The summed E-state index contributed by atoms with van der Waals surface area (Å²) in [6, 6.07) is 4.01. The minimum Gasteiger partial charge on any atom is -0.507 e. The van der Waals surface area contributed by atoms with Gasteiger partial charge in [-0.2, -0.15) is 0 Å². The second-order valence-corrected chi connectivity index (χ2v) is 9.40. The van der Waals surface area contributed by atoms with E-state index in [0.717, 1.165) is 29.5 Å². The molecule has 1 aromatic carbocycles. The summed E-state index contributed by atoms with van der Waals surface area (Å²) in [7, 11) is 0. The lowest BCUT2D eigenvalue weighted by Crippen LogP contribution is -2.14. The Balaban J connectivity index is 2.66. The molecule has 3 heteroatoms. The van der Waals surface area contributed by atoms with Gasteiger partial charge in [0, 0.05) is 0 Å². The topological polar surface area (TPSA) is 57.5 Å². The summed E-state index contributed by atoms with van der Waals surface area (Å²) in [6.45, 7) is 10.4. The van der Waals surface area contributed by atoms with Crippen LogP contribution in [0.25, 0.3) is 0 Å². The number of aromatic hydroxyl groups is 1. The normalized spacial score (nSPS) is 12.9. The van der Waals surface area contributed by atoms with Crippen molar-refractivity contribution in [1.82, 2.24) is 0 Å². The van der Waals surface area contributed by atoms with Crippen LogP contribution in [0.5, 0.6) is 5.75 Å². The van der Waals surface area contributed by atoms with Crippen molar-refractivity contribution in [1.29, 1.82) is 0 Å². The molecule has 0 aliphatic rings. The second-order valence-electron chi connectivity index (χ2n) is 9.40. The van der Waals surface area contributed by atoms with E-state index in [9.17, 15) is 15.0 Å². The smallest absolute Gasteiger partial charge is 0.303 e. The quantitative estimate of drug-likeness (QED) is 0.343. The average molecular weight is 391 g/mol. The highest BCUT2D eigenvalue weighted by Gasteiger charge is 2.23. The van der Waals surface area contributed by atoms with Crippen LogP contribution in [-0.4, -0.2) is 16.2 Å². The number of aryl methyl sites for hydroxylation is 1. The maximum absolute atomic E-state index is 11.4. The second kappa shape index (κ2) is 12.1. The van der Waals surface area contributed by atoms with E-state index in [2.05, 4.69) is 27.7 Å². The first-order chi connectivity index (χ1) is 13.2. The number of phenols is 1. The van der Waals surface area contributed by atoms with Crippen molar-refractivity contribution >= 4 is 5.97 Å². The minimum atomic E-state index is -0.746. The number of carboxylic acid groups (broad SMARTS) is 1. The van der Waals surface area contributed by atoms with Gasteiger partial charge < -0.3 is 10.2 Å². The third kappa shape index (κ3) is 8.67. The molecule has 1 atom stereocenters. The molecule has 0 amide bonds. The van der Waals surface area contributed by atoms with E-state index in [0.29, 0.717) is 5.75 Å². The van der Waals surface area contributed by atoms with E-state index >= 15 is 0 Å². The van der Waals surface area contributed by atoms with Gasteiger partial charge in [-0.15, -0.1) is 0 Å². The Labute approximate surface area is 172 Å². The third-order valence-corrected chi connectivity index (χ3v) is 5.68. The molecule has 28 heavy (non-hydrogen) atoms. The van der Waals surface area contributed by atoms with Gasteiger partial charge in [0.25, 0.3) is 0 Å². The Morgan fingerprint density at radius 1 is 0.964 bits per heavy atom. The molecule has 1 unspecified atom stereocenters. The predicted octanol–water partition coefficient (Wildman–Crippen LogP) is 7.48. The Bertz CT molecular complexity index is 599. The summed E-state index contributed by atoms with van der Waals surface area (Å²) >= 11 is 0. The Morgan fingerprint density at radius 3 is 2.00 bits per heavy atom. The van der Waals surface area contributed by atoms with Crippen molar-refractivity contribution < 1.29 is 15.0 Å². The maximum atomic E-state index is 11.4. The van der Waals surface area contributed by atoms with Gasteiger partial charge in [0.2, 0.25) is 0 Å². The van der Waals surface area contributed by atoms with E-state index in [-0.39, 0.29) is 17.8 Å². The fraction of sp³-hybridized carbons (Fsp3) is 0.720. The van der Waals surface area contributed by atoms with Crippen molar-refractivity contribution in [2.45, 2.75) is 117 Å². The molecule has 0 heterocycles. The van der Waals surface area contributed by atoms with Crippen LogP contribution in [0.3, 0.4) is 0 Å². The zero-order valence-electron chi connectivity index (χ0n) is 18.8. The van der Waals surface area contributed by atoms with Gasteiger partial charge in [-0.3, -0.25) is 4.79 Å².